The SMILES string of the molecule is COC[C@@H]1CCCN(C(=O)c2ccc([N+](=O)[O-])c(O)c2)C1. The highest BCUT2D eigenvalue weighted by atomic mass is 16.6. The maximum Gasteiger partial charge on any atom is 0.310 e. The molecular weight excluding hydrogens is 276 g/mol. The highest BCUT2D eigenvalue weighted by Gasteiger charge is 2.25. The molecule has 0 radical (unpaired) electrons. The van der Waals surface area contributed by atoms with Crippen molar-refractivity contribution < 1.29 is 19.6 Å². The number of methoxy groups -OCH3 is 1. The van der Waals surface area contributed by atoms with Gasteiger partial charge in [-0.05, 0) is 30.9 Å². The summed E-state index contributed by atoms with van der Waals surface area (Å²) in [5.74, 6) is -0.406. The summed E-state index contributed by atoms with van der Waals surface area (Å²) in [5.41, 5.74) is -0.140. The number of phenols is 1. The van der Waals surface area contributed by atoms with Crippen molar-refractivity contribution in [2.45, 2.75) is 12.8 Å². The Hall–Kier alpha value is -2.15. The fourth-order valence-electron chi connectivity index (χ4n) is 2.61. The van der Waals surface area contributed by atoms with Gasteiger partial charge in [0.05, 0.1) is 11.5 Å². The van der Waals surface area contributed by atoms with Gasteiger partial charge in [-0.3, -0.25) is 14.9 Å². The fourth-order valence-corrected chi connectivity index (χ4v) is 2.61. The molecule has 1 aliphatic rings. The van der Waals surface area contributed by atoms with E-state index < -0.39 is 16.4 Å². The van der Waals surface area contributed by atoms with Crippen LogP contribution in [0.3, 0.4) is 0 Å². The number of hydrogen-bond acceptors (Lipinski definition) is 5. The predicted molar refractivity (Wildman–Crippen MR) is 75.3 cm³/mol. The summed E-state index contributed by atoms with van der Waals surface area (Å²) in [4.78, 5) is 24.1. The van der Waals surface area contributed by atoms with Crippen LogP contribution < -0.4 is 0 Å². The molecule has 0 spiro atoms. The molecule has 7 heteroatoms. The van der Waals surface area contributed by atoms with Crippen molar-refractivity contribution in [2.24, 2.45) is 5.92 Å². The molecule has 21 heavy (non-hydrogen) atoms. The zero-order valence-corrected chi connectivity index (χ0v) is 11.8. The molecule has 1 aromatic rings. The van der Waals surface area contributed by atoms with Gasteiger partial charge in [0, 0.05) is 31.8 Å². The van der Waals surface area contributed by atoms with E-state index in [1.54, 1.807) is 12.0 Å². The van der Waals surface area contributed by atoms with Gasteiger partial charge >= 0.3 is 5.69 Å². The van der Waals surface area contributed by atoms with E-state index >= 15 is 0 Å². The van der Waals surface area contributed by atoms with Crippen molar-refractivity contribution in [1.82, 2.24) is 4.90 Å². The van der Waals surface area contributed by atoms with Crippen LogP contribution in [0.1, 0.15) is 23.2 Å². The minimum absolute atomic E-state index is 0.221. The molecule has 1 fully saturated rings. The van der Waals surface area contributed by atoms with Gasteiger partial charge in [0.1, 0.15) is 0 Å². The van der Waals surface area contributed by atoms with Crippen LogP contribution in [0.4, 0.5) is 5.69 Å². The molecule has 0 bridgehead atoms. The molecule has 0 unspecified atom stereocenters. The van der Waals surface area contributed by atoms with Gasteiger partial charge in [-0.25, -0.2) is 0 Å². The van der Waals surface area contributed by atoms with Crippen molar-refractivity contribution in [3.8, 4) is 5.75 Å². The topological polar surface area (TPSA) is 92.9 Å². The third kappa shape index (κ3) is 3.49. The van der Waals surface area contributed by atoms with E-state index in [0.717, 1.165) is 25.0 Å². The monoisotopic (exact) mass is 294 g/mol. The molecule has 1 atom stereocenters. The lowest BCUT2D eigenvalue weighted by atomic mass is 9.98. The number of aromatic hydroxyl groups is 1. The van der Waals surface area contributed by atoms with Gasteiger partial charge in [-0.1, -0.05) is 0 Å². The second-order valence-electron chi connectivity index (χ2n) is 5.18. The number of piperidine rings is 1. The summed E-state index contributed by atoms with van der Waals surface area (Å²) in [6, 6.07) is 3.68. The summed E-state index contributed by atoms with van der Waals surface area (Å²) >= 11 is 0. The molecule has 1 N–H and O–H groups in total. The highest BCUT2D eigenvalue weighted by molar-refractivity contribution is 5.95. The molecule has 1 aliphatic heterocycles. The first-order valence-corrected chi connectivity index (χ1v) is 6.78. The highest BCUT2D eigenvalue weighted by Crippen LogP contribution is 2.27. The maximum absolute atomic E-state index is 12.4. The molecule has 0 saturated carbocycles. The zero-order valence-electron chi connectivity index (χ0n) is 11.8. The number of benzene rings is 1. The third-order valence-electron chi connectivity index (χ3n) is 3.63. The largest absolute Gasteiger partial charge is 0.502 e. The Morgan fingerprint density at radius 2 is 2.33 bits per heavy atom. The number of ether oxygens (including phenoxy) is 1. The van der Waals surface area contributed by atoms with Crippen molar-refractivity contribution >= 4 is 11.6 Å². The van der Waals surface area contributed by atoms with Crippen LogP contribution in [0, 0.1) is 16.0 Å². The number of phenolic OH excluding ortho intramolecular Hbond substituents is 1. The number of carbonyl (C=O) groups is 1. The fraction of sp³-hybridized carbons (Fsp3) is 0.500. The average Bonchev–Trinajstić information content (AvgIpc) is 2.46. The maximum atomic E-state index is 12.4. The summed E-state index contributed by atoms with van der Waals surface area (Å²) in [5, 5.41) is 20.3. The summed E-state index contributed by atoms with van der Waals surface area (Å²) in [7, 11) is 1.63. The molecule has 7 nitrogen and oxygen atoms in total. The van der Waals surface area contributed by atoms with E-state index in [1.165, 1.54) is 6.07 Å². The van der Waals surface area contributed by atoms with Crippen molar-refractivity contribution in [3.63, 3.8) is 0 Å². The molecule has 0 aliphatic carbocycles. The van der Waals surface area contributed by atoms with Crippen LogP contribution in [0.2, 0.25) is 0 Å². The molecular formula is C14H18N2O5. The number of carbonyl (C=O) groups excluding carboxylic acids is 1. The van der Waals surface area contributed by atoms with Crippen LogP contribution in [-0.4, -0.2) is 47.6 Å². The first-order valence-electron chi connectivity index (χ1n) is 6.78. The number of hydrogen-bond donors (Lipinski definition) is 1. The standard InChI is InChI=1S/C14H18N2O5/c1-21-9-10-3-2-6-15(8-10)14(18)11-4-5-12(16(19)20)13(17)7-11/h4-5,7,10,17H,2-3,6,8-9H2,1H3/t10-/m1/s1. The summed E-state index contributed by atoms with van der Waals surface area (Å²) in [6.45, 7) is 1.86. The number of nitrogens with zero attached hydrogens (tertiary/aromatic N) is 2. The first kappa shape index (κ1) is 15.2. The van der Waals surface area contributed by atoms with Crippen molar-refractivity contribution in [3.05, 3.63) is 33.9 Å². The van der Waals surface area contributed by atoms with Gasteiger partial charge in [-0.2, -0.15) is 0 Å². The summed E-state index contributed by atoms with van der Waals surface area (Å²) in [6.07, 6.45) is 1.92. The van der Waals surface area contributed by atoms with Gasteiger partial charge in [-0.15, -0.1) is 0 Å². The van der Waals surface area contributed by atoms with Crippen LogP contribution in [0.15, 0.2) is 18.2 Å². The van der Waals surface area contributed by atoms with E-state index in [1.807, 2.05) is 0 Å². The predicted octanol–water partition coefficient (Wildman–Crippen LogP) is 1.80. The number of nitro benzene ring substituents is 1. The van der Waals surface area contributed by atoms with Crippen LogP contribution in [-0.2, 0) is 4.74 Å². The minimum atomic E-state index is -0.681. The minimum Gasteiger partial charge on any atom is -0.502 e. The Morgan fingerprint density at radius 1 is 1.57 bits per heavy atom. The Kier molecular flexibility index (Phi) is 4.74. The molecule has 1 amide bonds. The van der Waals surface area contributed by atoms with Crippen LogP contribution in [0.5, 0.6) is 5.75 Å². The normalized spacial score (nSPS) is 18.5. The van der Waals surface area contributed by atoms with E-state index in [4.69, 9.17) is 4.74 Å². The number of nitro groups is 1. The number of likely N-dealkylation sites (tertiary alicyclic amines) is 1. The Bertz CT molecular complexity index is 544. The smallest absolute Gasteiger partial charge is 0.310 e. The quantitative estimate of drug-likeness (QED) is 0.675. The first-order chi connectivity index (χ1) is 10.0. The van der Waals surface area contributed by atoms with Gasteiger partial charge in [0.25, 0.3) is 5.91 Å². The molecule has 0 aromatic heterocycles. The lowest BCUT2D eigenvalue weighted by molar-refractivity contribution is -0.385. The van der Waals surface area contributed by atoms with E-state index in [9.17, 15) is 20.0 Å². The Morgan fingerprint density at radius 3 is 2.95 bits per heavy atom. The average molecular weight is 294 g/mol. The van der Waals surface area contributed by atoms with Crippen LogP contribution >= 0.6 is 0 Å². The van der Waals surface area contributed by atoms with Gasteiger partial charge < -0.3 is 14.7 Å². The second-order valence-corrected chi connectivity index (χ2v) is 5.18. The molecule has 1 aromatic carbocycles. The Labute approximate surface area is 122 Å². The number of rotatable bonds is 4. The van der Waals surface area contributed by atoms with E-state index in [0.29, 0.717) is 25.6 Å². The number of amides is 1. The van der Waals surface area contributed by atoms with E-state index in [2.05, 4.69) is 0 Å². The molecule has 1 saturated heterocycles. The summed E-state index contributed by atoms with van der Waals surface area (Å²) < 4.78 is 5.12. The van der Waals surface area contributed by atoms with Crippen LogP contribution in [0.25, 0.3) is 0 Å². The Balaban J connectivity index is 2.12. The molecule has 2 rings (SSSR count). The van der Waals surface area contributed by atoms with Gasteiger partial charge in [0.2, 0.25) is 0 Å². The van der Waals surface area contributed by atoms with Crippen molar-refractivity contribution in [2.75, 3.05) is 26.8 Å². The molecule has 114 valence electrons. The zero-order chi connectivity index (χ0) is 15.4. The second kappa shape index (κ2) is 6.53. The van der Waals surface area contributed by atoms with Gasteiger partial charge in [0.15, 0.2) is 5.75 Å². The molecule has 1 heterocycles. The third-order valence-corrected chi connectivity index (χ3v) is 3.63. The lowest BCUT2D eigenvalue weighted by Crippen LogP contribution is -2.41. The lowest BCUT2D eigenvalue weighted by Gasteiger charge is -2.32. The van der Waals surface area contributed by atoms with E-state index in [-0.39, 0.29) is 11.5 Å². The van der Waals surface area contributed by atoms with Crippen molar-refractivity contribution in [1.29, 1.82) is 0 Å².